The molecule has 0 saturated carbocycles. The lowest BCUT2D eigenvalue weighted by atomic mass is 10.1. The van der Waals surface area contributed by atoms with Crippen LogP contribution in [0, 0.1) is 11.8 Å². The summed E-state index contributed by atoms with van der Waals surface area (Å²) in [4.78, 5) is 25.6. The number of rotatable bonds is 5. The highest BCUT2D eigenvalue weighted by atomic mass is 19.4. The minimum Gasteiger partial charge on any atom is -0.379 e. The first-order chi connectivity index (χ1) is 15.8. The van der Waals surface area contributed by atoms with Gasteiger partial charge in [-0.25, -0.2) is 5.48 Å². The van der Waals surface area contributed by atoms with Crippen LogP contribution in [0.25, 0.3) is 0 Å². The second-order valence-electron chi connectivity index (χ2n) is 7.34. The number of hydrogen-bond donors (Lipinski definition) is 3. The summed E-state index contributed by atoms with van der Waals surface area (Å²) in [7, 11) is 0. The van der Waals surface area contributed by atoms with Gasteiger partial charge in [-0.15, -0.1) is 0 Å². The second kappa shape index (κ2) is 11.0. The molecule has 0 unspecified atom stereocenters. The van der Waals surface area contributed by atoms with E-state index in [1.54, 1.807) is 5.32 Å². The second-order valence-corrected chi connectivity index (χ2v) is 7.34. The fraction of sp³-hybridized carbons (Fsp3) is 0.304. The largest absolute Gasteiger partial charge is 0.417 e. The van der Waals surface area contributed by atoms with E-state index in [1.807, 2.05) is 24.3 Å². The fourth-order valence-corrected chi connectivity index (χ4v) is 3.14. The quantitative estimate of drug-likeness (QED) is 0.361. The average molecular weight is 461 g/mol. The molecule has 2 aromatic rings. The molecule has 1 aliphatic heterocycles. The Morgan fingerprint density at radius 3 is 2.06 bits per heavy atom. The van der Waals surface area contributed by atoms with Crippen LogP contribution in [0.4, 0.5) is 13.2 Å². The molecule has 1 atom stereocenters. The first-order valence-corrected chi connectivity index (χ1v) is 10.1. The smallest absolute Gasteiger partial charge is 0.379 e. The van der Waals surface area contributed by atoms with E-state index in [1.165, 1.54) is 29.8 Å². The molecule has 7 nitrogen and oxygen atoms in total. The Balaban J connectivity index is 1.60. The van der Waals surface area contributed by atoms with Gasteiger partial charge in [-0.1, -0.05) is 24.0 Å². The maximum atomic E-state index is 12.9. The molecule has 1 heterocycles. The Labute approximate surface area is 188 Å². The van der Waals surface area contributed by atoms with E-state index in [9.17, 15) is 22.8 Å². The molecule has 0 aromatic heterocycles. The maximum Gasteiger partial charge on any atom is 0.417 e. The van der Waals surface area contributed by atoms with Crippen LogP contribution in [0.3, 0.4) is 0 Å². The van der Waals surface area contributed by atoms with E-state index in [0.717, 1.165) is 43.9 Å². The van der Waals surface area contributed by atoms with Gasteiger partial charge in [0, 0.05) is 36.3 Å². The van der Waals surface area contributed by atoms with Crippen molar-refractivity contribution >= 4 is 11.8 Å². The molecule has 1 fully saturated rings. The minimum absolute atomic E-state index is 0.0898. The van der Waals surface area contributed by atoms with Crippen LogP contribution in [-0.4, -0.2) is 60.4 Å². The summed E-state index contributed by atoms with van der Waals surface area (Å²) in [5, 5.41) is 10.0. The van der Waals surface area contributed by atoms with Crippen molar-refractivity contribution in [3.63, 3.8) is 0 Å². The minimum atomic E-state index is -5.06. The molecule has 10 heteroatoms. The van der Waals surface area contributed by atoms with Crippen molar-refractivity contribution < 1.29 is 32.7 Å². The molecule has 0 aliphatic carbocycles. The van der Waals surface area contributed by atoms with E-state index < -0.39 is 24.0 Å². The van der Waals surface area contributed by atoms with Crippen LogP contribution in [-0.2, 0) is 16.1 Å². The van der Waals surface area contributed by atoms with Gasteiger partial charge in [0.2, 0.25) is 6.04 Å². The van der Waals surface area contributed by atoms with Crippen molar-refractivity contribution in [1.29, 1.82) is 0 Å². The van der Waals surface area contributed by atoms with Gasteiger partial charge in [0.15, 0.2) is 0 Å². The van der Waals surface area contributed by atoms with Gasteiger partial charge in [0.25, 0.3) is 11.8 Å². The highest BCUT2D eigenvalue weighted by Gasteiger charge is 2.46. The van der Waals surface area contributed by atoms with Gasteiger partial charge in [-0.05, 0) is 42.0 Å². The average Bonchev–Trinajstić information content (AvgIpc) is 2.81. The summed E-state index contributed by atoms with van der Waals surface area (Å²) in [5.74, 6) is 3.04. The molecule has 3 N–H and O–H groups in total. The van der Waals surface area contributed by atoms with Crippen LogP contribution >= 0.6 is 0 Å². The van der Waals surface area contributed by atoms with Crippen LogP contribution in [0.5, 0.6) is 0 Å². The van der Waals surface area contributed by atoms with E-state index in [2.05, 4.69) is 16.7 Å². The molecule has 0 bridgehead atoms. The Morgan fingerprint density at radius 2 is 1.55 bits per heavy atom. The number of halogens is 3. The topological polar surface area (TPSA) is 90.9 Å². The summed E-state index contributed by atoms with van der Waals surface area (Å²) in [5.41, 5.74) is 3.33. The zero-order valence-corrected chi connectivity index (χ0v) is 17.5. The van der Waals surface area contributed by atoms with E-state index in [4.69, 9.17) is 9.94 Å². The summed E-state index contributed by atoms with van der Waals surface area (Å²) < 4.78 is 44.0. The van der Waals surface area contributed by atoms with Crippen molar-refractivity contribution in [2.45, 2.75) is 18.8 Å². The number of ether oxygens (including phenoxy) is 1. The number of carbonyl (C=O) groups is 2. The van der Waals surface area contributed by atoms with E-state index in [0.29, 0.717) is 5.56 Å². The number of benzene rings is 2. The number of nitrogens with zero attached hydrogens (tertiary/aromatic N) is 1. The van der Waals surface area contributed by atoms with Gasteiger partial charge in [-0.3, -0.25) is 19.7 Å². The predicted octanol–water partition coefficient (Wildman–Crippen LogP) is 2.08. The Kier molecular flexibility index (Phi) is 8.06. The summed E-state index contributed by atoms with van der Waals surface area (Å²) in [6.07, 6.45) is -5.06. The molecule has 1 aliphatic rings. The summed E-state index contributed by atoms with van der Waals surface area (Å²) >= 11 is 0. The third-order valence-corrected chi connectivity index (χ3v) is 4.94. The highest BCUT2D eigenvalue weighted by Crippen LogP contribution is 2.21. The summed E-state index contributed by atoms with van der Waals surface area (Å²) in [6, 6.07) is 10.5. The molecule has 174 valence electrons. The number of carbonyl (C=O) groups excluding carboxylic acids is 2. The predicted molar refractivity (Wildman–Crippen MR) is 112 cm³/mol. The highest BCUT2D eigenvalue weighted by molar-refractivity contribution is 5.97. The van der Waals surface area contributed by atoms with Crippen molar-refractivity contribution in [1.82, 2.24) is 15.7 Å². The van der Waals surface area contributed by atoms with Gasteiger partial charge < -0.3 is 10.1 Å². The number of hydrogen-bond acceptors (Lipinski definition) is 5. The maximum absolute atomic E-state index is 12.9. The lowest BCUT2D eigenvalue weighted by Crippen LogP contribution is -2.54. The zero-order valence-electron chi connectivity index (χ0n) is 17.5. The zero-order chi connectivity index (χ0) is 23.8. The molecule has 2 amide bonds. The number of alkyl halides is 3. The van der Waals surface area contributed by atoms with Crippen LogP contribution in [0.1, 0.15) is 27.0 Å². The monoisotopic (exact) mass is 461 g/mol. The first-order valence-electron chi connectivity index (χ1n) is 10.1. The SMILES string of the molecule is O=C(N[C@H](C(=O)NO)C(F)(F)F)c1ccc(C#Cc2ccc(CN3CCOCC3)cc2)cc1. The summed E-state index contributed by atoms with van der Waals surface area (Å²) in [6.45, 7) is 4.13. The van der Waals surface area contributed by atoms with Gasteiger partial charge in [0.05, 0.1) is 13.2 Å². The number of nitrogens with one attached hydrogen (secondary N) is 2. The van der Waals surface area contributed by atoms with Gasteiger partial charge >= 0.3 is 6.18 Å². The first kappa shape index (κ1) is 24.3. The van der Waals surface area contributed by atoms with Crippen molar-refractivity contribution in [3.05, 3.63) is 70.8 Å². The molecule has 0 radical (unpaired) electrons. The Bertz CT molecular complexity index is 1020. The standard InChI is InChI=1S/C23H22F3N3O4/c24-23(25,26)20(22(31)28-32)27-21(30)19-9-7-17(8-10-19)2-1-16-3-5-18(6-4-16)15-29-11-13-33-14-12-29/h3-10,20,32H,11-15H2,(H,27,30)(H,28,31)/t20-/m1/s1. The molecular formula is C23H22F3N3O4. The van der Waals surface area contributed by atoms with Crippen LogP contribution < -0.4 is 10.8 Å². The van der Waals surface area contributed by atoms with Gasteiger partial charge in [0.1, 0.15) is 0 Å². The van der Waals surface area contributed by atoms with Crippen molar-refractivity contribution in [2.24, 2.45) is 0 Å². The molecule has 1 saturated heterocycles. The van der Waals surface area contributed by atoms with Gasteiger partial charge in [-0.2, -0.15) is 13.2 Å². The van der Waals surface area contributed by atoms with Crippen molar-refractivity contribution in [3.8, 4) is 11.8 Å². The van der Waals surface area contributed by atoms with E-state index >= 15 is 0 Å². The fourth-order valence-electron chi connectivity index (χ4n) is 3.14. The third-order valence-electron chi connectivity index (χ3n) is 4.94. The molecule has 0 spiro atoms. The lowest BCUT2D eigenvalue weighted by molar-refractivity contribution is -0.172. The van der Waals surface area contributed by atoms with Crippen molar-refractivity contribution in [2.75, 3.05) is 26.3 Å². The normalized spacial score (nSPS) is 15.2. The Morgan fingerprint density at radius 1 is 1.00 bits per heavy atom. The van der Waals surface area contributed by atoms with Crippen LogP contribution in [0.2, 0.25) is 0 Å². The third kappa shape index (κ3) is 7.05. The Hall–Kier alpha value is -3.39. The molecule has 3 rings (SSSR count). The van der Waals surface area contributed by atoms with Crippen LogP contribution in [0.15, 0.2) is 48.5 Å². The number of hydroxylamine groups is 1. The number of morpholine rings is 1. The van der Waals surface area contributed by atoms with E-state index in [-0.39, 0.29) is 5.56 Å². The number of amides is 2. The lowest BCUT2D eigenvalue weighted by Gasteiger charge is -2.26. The molecule has 2 aromatic carbocycles. The molecular weight excluding hydrogens is 439 g/mol. The molecule has 33 heavy (non-hydrogen) atoms.